The Balaban J connectivity index is 1.69. The molecule has 1 aromatic carbocycles. The highest BCUT2D eigenvalue weighted by molar-refractivity contribution is 7.99. The van der Waals surface area contributed by atoms with E-state index in [1.54, 1.807) is 6.92 Å². The van der Waals surface area contributed by atoms with Gasteiger partial charge in [-0.2, -0.15) is 11.8 Å². The van der Waals surface area contributed by atoms with Crippen molar-refractivity contribution in [1.29, 1.82) is 0 Å². The normalized spacial score (nSPS) is 19.2. The van der Waals surface area contributed by atoms with Gasteiger partial charge in [0.1, 0.15) is 6.04 Å². The van der Waals surface area contributed by atoms with Gasteiger partial charge in [0.05, 0.1) is 0 Å². The summed E-state index contributed by atoms with van der Waals surface area (Å²) in [6.45, 7) is 3.12. The first-order valence-electron chi connectivity index (χ1n) is 7.57. The van der Waals surface area contributed by atoms with Gasteiger partial charge in [-0.15, -0.1) is 0 Å². The molecule has 2 atom stereocenters. The minimum Gasteiger partial charge on any atom is -0.350 e. The van der Waals surface area contributed by atoms with E-state index in [0.29, 0.717) is 13.0 Å². The van der Waals surface area contributed by atoms with Crippen LogP contribution in [0.25, 0.3) is 0 Å². The predicted octanol–water partition coefficient (Wildman–Crippen LogP) is 0.903. The van der Waals surface area contributed by atoms with Gasteiger partial charge < -0.3 is 16.0 Å². The number of thioether (sulfide) groups is 1. The van der Waals surface area contributed by atoms with Crippen molar-refractivity contribution in [2.24, 2.45) is 0 Å². The molecule has 0 aliphatic carbocycles. The zero-order chi connectivity index (χ0) is 15.8. The lowest BCUT2D eigenvalue weighted by atomic mass is 10.2. The van der Waals surface area contributed by atoms with Crippen molar-refractivity contribution in [2.75, 3.05) is 18.1 Å². The van der Waals surface area contributed by atoms with Crippen LogP contribution < -0.4 is 16.0 Å². The van der Waals surface area contributed by atoms with Crippen LogP contribution in [0.15, 0.2) is 30.3 Å². The Morgan fingerprint density at radius 2 is 2.14 bits per heavy atom. The van der Waals surface area contributed by atoms with Gasteiger partial charge in [-0.25, -0.2) is 0 Å². The average molecular weight is 321 g/mol. The van der Waals surface area contributed by atoms with Crippen LogP contribution in [0.5, 0.6) is 0 Å². The zero-order valence-electron chi connectivity index (χ0n) is 12.8. The molecule has 0 saturated carbocycles. The lowest BCUT2D eigenvalue weighted by Crippen LogP contribution is -2.47. The maximum absolute atomic E-state index is 12.0. The highest BCUT2D eigenvalue weighted by Gasteiger charge is 2.20. The van der Waals surface area contributed by atoms with Crippen LogP contribution in [-0.4, -0.2) is 41.9 Å². The molecule has 3 N–H and O–H groups in total. The van der Waals surface area contributed by atoms with Gasteiger partial charge >= 0.3 is 0 Å². The molecule has 120 valence electrons. The third-order valence-corrected chi connectivity index (χ3v) is 4.64. The highest BCUT2D eigenvalue weighted by Crippen LogP contribution is 2.10. The molecular weight excluding hydrogens is 298 g/mol. The summed E-state index contributed by atoms with van der Waals surface area (Å²) in [5, 5.41) is 8.91. The number of amides is 2. The third kappa shape index (κ3) is 5.69. The molecule has 0 bridgehead atoms. The number of carbonyl (C=O) groups is 2. The molecule has 1 fully saturated rings. The van der Waals surface area contributed by atoms with Crippen LogP contribution in [0.3, 0.4) is 0 Å². The van der Waals surface area contributed by atoms with Crippen LogP contribution in [0.4, 0.5) is 0 Å². The Hall–Kier alpha value is -1.53. The van der Waals surface area contributed by atoms with Crippen molar-refractivity contribution in [3.05, 3.63) is 35.9 Å². The second kappa shape index (κ2) is 8.80. The average Bonchev–Trinajstić information content (AvgIpc) is 2.54. The summed E-state index contributed by atoms with van der Waals surface area (Å²) in [5.41, 5.74) is 1.04. The number of benzene rings is 1. The van der Waals surface area contributed by atoms with Crippen molar-refractivity contribution in [3.63, 3.8) is 0 Å². The largest absolute Gasteiger partial charge is 0.350 e. The molecule has 1 saturated heterocycles. The fourth-order valence-electron chi connectivity index (χ4n) is 2.28. The molecule has 2 rings (SSSR count). The predicted molar refractivity (Wildman–Crippen MR) is 89.6 cm³/mol. The third-order valence-electron chi connectivity index (χ3n) is 3.51. The van der Waals surface area contributed by atoms with Crippen LogP contribution >= 0.6 is 11.8 Å². The van der Waals surface area contributed by atoms with Gasteiger partial charge in [-0.1, -0.05) is 30.3 Å². The lowest BCUT2D eigenvalue weighted by Gasteiger charge is -2.23. The number of nitrogens with one attached hydrogen (secondary N) is 3. The van der Waals surface area contributed by atoms with E-state index >= 15 is 0 Å². The number of carbonyl (C=O) groups excluding carboxylic acids is 2. The molecular formula is C16H23N3O2S. The molecule has 1 heterocycles. The maximum Gasteiger partial charge on any atom is 0.242 e. The zero-order valence-corrected chi connectivity index (χ0v) is 13.6. The Morgan fingerprint density at radius 1 is 1.36 bits per heavy atom. The quantitative estimate of drug-likeness (QED) is 0.728. The smallest absolute Gasteiger partial charge is 0.242 e. The van der Waals surface area contributed by atoms with Gasteiger partial charge in [0, 0.05) is 37.1 Å². The van der Waals surface area contributed by atoms with Crippen molar-refractivity contribution in [3.8, 4) is 0 Å². The van der Waals surface area contributed by atoms with E-state index in [1.807, 2.05) is 42.1 Å². The SMILES string of the molecule is CC(NC(=O)CC1CSCCN1)C(=O)NCc1ccccc1. The molecule has 1 aromatic rings. The molecule has 1 aliphatic rings. The van der Waals surface area contributed by atoms with Crippen LogP contribution in [0, 0.1) is 0 Å². The summed E-state index contributed by atoms with van der Waals surface area (Å²) in [5.74, 6) is 1.80. The van der Waals surface area contributed by atoms with E-state index in [9.17, 15) is 9.59 Å². The number of hydrogen-bond donors (Lipinski definition) is 3. The lowest BCUT2D eigenvalue weighted by molar-refractivity contribution is -0.128. The minimum absolute atomic E-state index is 0.0811. The molecule has 5 nitrogen and oxygen atoms in total. The van der Waals surface area contributed by atoms with Gasteiger partial charge in [-0.3, -0.25) is 9.59 Å². The summed E-state index contributed by atoms with van der Waals surface area (Å²) >= 11 is 1.85. The molecule has 0 aromatic heterocycles. The summed E-state index contributed by atoms with van der Waals surface area (Å²) in [6, 6.07) is 9.40. The van der Waals surface area contributed by atoms with Crippen molar-refractivity contribution >= 4 is 23.6 Å². The number of hydrogen-bond acceptors (Lipinski definition) is 4. The van der Waals surface area contributed by atoms with Crippen molar-refractivity contribution in [2.45, 2.75) is 32.0 Å². The van der Waals surface area contributed by atoms with Crippen LogP contribution in [0.1, 0.15) is 18.9 Å². The summed E-state index contributed by atoms with van der Waals surface area (Å²) < 4.78 is 0. The summed E-state index contributed by atoms with van der Waals surface area (Å²) in [6.07, 6.45) is 0.420. The number of rotatable bonds is 6. The molecule has 6 heteroatoms. The van der Waals surface area contributed by atoms with Crippen molar-refractivity contribution in [1.82, 2.24) is 16.0 Å². The monoisotopic (exact) mass is 321 g/mol. The molecule has 0 spiro atoms. The summed E-state index contributed by atoms with van der Waals surface area (Å²) in [7, 11) is 0. The fraction of sp³-hybridized carbons (Fsp3) is 0.500. The van der Waals surface area contributed by atoms with E-state index in [0.717, 1.165) is 23.6 Å². The van der Waals surface area contributed by atoms with E-state index in [1.165, 1.54) is 0 Å². The Labute approximate surface area is 135 Å². The van der Waals surface area contributed by atoms with Crippen LogP contribution in [-0.2, 0) is 16.1 Å². The Bertz CT molecular complexity index is 489. The first kappa shape index (κ1) is 16.8. The van der Waals surface area contributed by atoms with E-state index in [2.05, 4.69) is 16.0 Å². The van der Waals surface area contributed by atoms with E-state index in [-0.39, 0.29) is 17.9 Å². The Morgan fingerprint density at radius 3 is 2.82 bits per heavy atom. The first-order chi connectivity index (χ1) is 10.6. The van der Waals surface area contributed by atoms with Gasteiger partial charge in [-0.05, 0) is 12.5 Å². The highest BCUT2D eigenvalue weighted by atomic mass is 32.2. The molecule has 2 unspecified atom stereocenters. The Kier molecular flexibility index (Phi) is 6.74. The molecule has 22 heavy (non-hydrogen) atoms. The second-order valence-electron chi connectivity index (χ2n) is 5.42. The molecule has 1 aliphatic heterocycles. The van der Waals surface area contributed by atoms with E-state index < -0.39 is 6.04 Å². The van der Waals surface area contributed by atoms with Gasteiger partial charge in [0.25, 0.3) is 0 Å². The molecule has 2 amide bonds. The minimum atomic E-state index is -0.521. The first-order valence-corrected chi connectivity index (χ1v) is 8.73. The topological polar surface area (TPSA) is 70.2 Å². The van der Waals surface area contributed by atoms with E-state index in [4.69, 9.17) is 0 Å². The fourth-order valence-corrected chi connectivity index (χ4v) is 3.23. The second-order valence-corrected chi connectivity index (χ2v) is 6.57. The standard InChI is InChI=1S/C16H23N3O2S/c1-12(16(21)18-10-13-5-3-2-4-6-13)19-15(20)9-14-11-22-8-7-17-14/h2-6,12,14,17H,7-11H2,1H3,(H,18,21)(H,19,20). The summed E-state index contributed by atoms with van der Waals surface area (Å²) in [4.78, 5) is 24.0. The maximum atomic E-state index is 12.0. The molecule has 0 radical (unpaired) electrons. The van der Waals surface area contributed by atoms with Crippen molar-refractivity contribution < 1.29 is 9.59 Å². The van der Waals surface area contributed by atoms with Crippen LogP contribution in [0.2, 0.25) is 0 Å². The van der Waals surface area contributed by atoms with Gasteiger partial charge in [0.2, 0.25) is 11.8 Å². The van der Waals surface area contributed by atoms with Gasteiger partial charge in [0.15, 0.2) is 0 Å².